The number of piperidine rings is 1. The van der Waals surface area contributed by atoms with E-state index in [9.17, 15) is 4.79 Å². The molecular formula is C11H14N4O. The number of carbonyl (C=O) groups excluding carboxylic acids is 1. The summed E-state index contributed by atoms with van der Waals surface area (Å²) in [5.74, 6) is 0.729. The molecule has 2 bridgehead atoms. The van der Waals surface area contributed by atoms with Gasteiger partial charge in [0.2, 0.25) is 5.82 Å². The molecule has 3 rings (SSSR count). The largest absolute Gasteiger partial charge is 0.345 e. The average Bonchev–Trinajstić information content (AvgIpc) is 2.92. The van der Waals surface area contributed by atoms with Crippen molar-refractivity contribution in [3.05, 3.63) is 24.3 Å². The van der Waals surface area contributed by atoms with Crippen LogP contribution < -0.4 is 5.32 Å². The second-order valence-corrected chi connectivity index (χ2v) is 4.46. The van der Waals surface area contributed by atoms with Gasteiger partial charge in [0, 0.05) is 31.5 Å². The van der Waals surface area contributed by atoms with Gasteiger partial charge >= 0.3 is 0 Å². The molecule has 84 valence electrons. The molecule has 0 aromatic carbocycles. The molecule has 1 aromatic rings. The molecule has 3 atom stereocenters. The first kappa shape index (κ1) is 9.72. The van der Waals surface area contributed by atoms with Crippen molar-refractivity contribution in [3.63, 3.8) is 0 Å². The Morgan fingerprint density at radius 1 is 1.38 bits per heavy atom. The molecule has 2 fully saturated rings. The minimum absolute atomic E-state index is 0.153. The summed E-state index contributed by atoms with van der Waals surface area (Å²) < 4.78 is 0. The van der Waals surface area contributed by atoms with Gasteiger partial charge in [-0.15, -0.1) is 0 Å². The van der Waals surface area contributed by atoms with E-state index in [-0.39, 0.29) is 17.8 Å². The predicted octanol–water partition coefficient (Wildman–Crippen LogP) is -0.0895. The zero-order chi connectivity index (χ0) is 11.0. The molecule has 2 aliphatic rings. The second-order valence-electron chi connectivity index (χ2n) is 4.46. The number of hydrogen-bond donors (Lipinski definition) is 1. The summed E-state index contributed by atoms with van der Waals surface area (Å²) in [7, 11) is 0. The topological polar surface area (TPSA) is 58.1 Å². The third-order valence-corrected chi connectivity index (χ3v) is 3.42. The molecule has 5 heteroatoms. The molecule has 16 heavy (non-hydrogen) atoms. The van der Waals surface area contributed by atoms with Crippen molar-refractivity contribution in [2.75, 3.05) is 19.6 Å². The monoisotopic (exact) mass is 218 g/mol. The van der Waals surface area contributed by atoms with E-state index in [1.54, 1.807) is 18.5 Å². The van der Waals surface area contributed by atoms with Crippen LogP contribution in [0.4, 0.5) is 0 Å². The molecule has 0 saturated carbocycles. The lowest BCUT2D eigenvalue weighted by Crippen LogP contribution is -2.43. The van der Waals surface area contributed by atoms with Crippen LogP contribution in [-0.2, 0) is 0 Å². The highest BCUT2D eigenvalue weighted by Crippen LogP contribution is 2.27. The summed E-state index contributed by atoms with van der Waals surface area (Å²) in [4.78, 5) is 22.1. The van der Waals surface area contributed by atoms with Crippen LogP contribution in [0.2, 0.25) is 0 Å². The molecular weight excluding hydrogens is 204 g/mol. The van der Waals surface area contributed by atoms with Crippen molar-refractivity contribution in [3.8, 4) is 0 Å². The van der Waals surface area contributed by atoms with E-state index in [4.69, 9.17) is 0 Å². The zero-order valence-electron chi connectivity index (χ0n) is 8.97. The fourth-order valence-electron chi connectivity index (χ4n) is 2.60. The van der Waals surface area contributed by atoms with E-state index in [0.717, 1.165) is 13.1 Å². The summed E-state index contributed by atoms with van der Waals surface area (Å²) in [6.45, 7) is 3.28. The first-order valence-corrected chi connectivity index (χ1v) is 5.63. The Morgan fingerprint density at radius 2 is 2.19 bits per heavy atom. The Labute approximate surface area is 93.9 Å². The molecule has 1 amide bonds. The number of nitrogens with zero attached hydrogens (tertiary/aromatic N) is 3. The average molecular weight is 218 g/mol. The van der Waals surface area contributed by atoms with Gasteiger partial charge in [-0.05, 0) is 24.9 Å². The van der Waals surface area contributed by atoms with E-state index in [2.05, 4.69) is 20.2 Å². The van der Waals surface area contributed by atoms with Crippen molar-refractivity contribution >= 4 is 5.91 Å². The Morgan fingerprint density at radius 3 is 2.81 bits per heavy atom. The van der Waals surface area contributed by atoms with Gasteiger partial charge in [-0.1, -0.05) is 0 Å². The highest BCUT2D eigenvalue weighted by Gasteiger charge is 2.38. The molecule has 1 aromatic heterocycles. The maximum Gasteiger partial charge on any atom is 0.289 e. The number of carbonyl (C=O) groups is 1. The third kappa shape index (κ3) is 1.67. The van der Waals surface area contributed by atoms with Gasteiger partial charge < -0.3 is 10.2 Å². The summed E-state index contributed by atoms with van der Waals surface area (Å²) in [6, 6.07) is 1.99. The van der Waals surface area contributed by atoms with Gasteiger partial charge in [0.1, 0.15) is 0 Å². The van der Waals surface area contributed by atoms with Gasteiger partial charge in [-0.25, -0.2) is 9.97 Å². The Balaban J connectivity index is 1.65. The minimum Gasteiger partial charge on any atom is -0.345 e. The Bertz CT molecular complexity index is 394. The zero-order valence-corrected chi connectivity index (χ0v) is 8.97. The van der Waals surface area contributed by atoms with E-state index in [1.807, 2.05) is 0 Å². The molecule has 2 saturated heterocycles. The number of rotatable bonds is 2. The van der Waals surface area contributed by atoms with Crippen LogP contribution in [-0.4, -0.2) is 46.5 Å². The van der Waals surface area contributed by atoms with Gasteiger partial charge in [0.25, 0.3) is 5.91 Å². The summed E-state index contributed by atoms with van der Waals surface area (Å²) in [5, 5.41) is 3.02. The predicted molar refractivity (Wildman–Crippen MR) is 57.8 cm³/mol. The normalized spacial score (nSPS) is 31.6. The van der Waals surface area contributed by atoms with Crippen molar-refractivity contribution in [2.45, 2.75) is 12.5 Å². The lowest BCUT2D eigenvalue weighted by atomic mass is 10.00. The third-order valence-electron chi connectivity index (χ3n) is 3.42. The molecule has 0 spiro atoms. The SMILES string of the molecule is O=C(NC1CN2CC[C@H]1C2)c1ncccn1. The highest BCUT2D eigenvalue weighted by molar-refractivity contribution is 5.90. The van der Waals surface area contributed by atoms with Gasteiger partial charge in [0.05, 0.1) is 0 Å². The van der Waals surface area contributed by atoms with E-state index >= 15 is 0 Å². The van der Waals surface area contributed by atoms with Crippen molar-refractivity contribution in [1.29, 1.82) is 0 Å². The van der Waals surface area contributed by atoms with Crippen LogP contribution in [0.15, 0.2) is 18.5 Å². The van der Waals surface area contributed by atoms with Crippen molar-refractivity contribution < 1.29 is 4.79 Å². The Hall–Kier alpha value is -1.49. The maximum atomic E-state index is 11.8. The number of hydrogen-bond acceptors (Lipinski definition) is 4. The van der Waals surface area contributed by atoms with Crippen LogP contribution in [0.5, 0.6) is 0 Å². The fourth-order valence-corrected chi connectivity index (χ4v) is 2.60. The standard InChI is InChI=1S/C11H14N4O/c16-11(10-12-3-1-4-13-10)14-9-7-15-5-2-8(9)6-15/h1,3-4,8-9H,2,5-7H2,(H,14,16)/t8-,9?/m0/s1. The molecule has 1 N–H and O–H groups in total. The van der Waals surface area contributed by atoms with Crippen LogP contribution in [0.1, 0.15) is 17.0 Å². The molecule has 2 unspecified atom stereocenters. The van der Waals surface area contributed by atoms with E-state index in [0.29, 0.717) is 5.92 Å². The van der Waals surface area contributed by atoms with Crippen LogP contribution in [0, 0.1) is 5.92 Å². The first-order chi connectivity index (χ1) is 7.83. The first-order valence-electron chi connectivity index (χ1n) is 5.63. The van der Waals surface area contributed by atoms with Crippen molar-refractivity contribution in [1.82, 2.24) is 20.2 Å². The number of nitrogens with one attached hydrogen (secondary N) is 1. The quantitative estimate of drug-likeness (QED) is 0.753. The Kier molecular flexibility index (Phi) is 2.32. The fraction of sp³-hybridized carbons (Fsp3) is 0.545. The lowest BCUT2D eigenvalue weighted by molar-refractivity contribution is 0.0913. The summed E-state index contributed by atoms with van der Waals surface area (Å²) in [5.41, 5.74) is 0. The van der Waals surface area contributed by atoms with E-state index < -0.39 is 0 Å². The minimum atomic E-state index is -0.153. The highest BCUT2D eigenvalue weighted by atomic mass is 16.2. The molecule has 5 nitrogen and oxygen atoms in total. The van der Waals surface area contributed by atoms with Crippen LogP contribution in [0.25, 0.3) is 0 Å². The molecule has 0 radical (unpaired) electrons. The van der Waals surface area contributed by atoms with Gasteiger partial charge in [0.15, 0.2) is 0 Å². The number of fused-ring (bicyclic) bond motifs is 2. The summed E-state index contributed by atoms with van der Waals surface area (Å²) >= 11 is 0. The van der Waals surface area contributed by atoms with E-state index in [1.165, 1.54) is 13.0 Å². The number of amides is 1. The summed E-state index contributed by atoms with van der Waals surface area (Å²) in [6.07, 6.45) is 4.37. The second kappa shape index (κ2) is 3.83. The van der Waals surface area contributed by atoms with Gasteiger partial charge in [-0.2, -0.15) is 0 Å². The number of aromatic nitrogens is 2. The smallest absolute Gasteiger partial charge is 0.289 e. The molecule has 2 aliphatic heterocycles. The molecule has 0 aliphatic carbocycles. The van der Waals surface area contributed by atoms with Crippen LogP contribution >= 0.6 is 0 Å². The van der Waals surface area contributed by atoms with Gasteiger partial charge in [-0.3, -0.25) is 4.79 Å². The lowest BCUT2D eigenvalue weighted by Gasteiger charge is -2.22. The van der Waals surface area contributed by atoms with Crippen LogP contribution in [0.3, 0.4) is 0 Å². The van der Waals surface area contributed by atoms with Crippen molar-refractivity contribution in [2.24, 2.45) is 5.92 Å². The maximum absolute atomic E-state index is 11.8. The molecule has 3 heterocycles.